The van der Waals surface area contributed by atoms with Crippen LogP contribution in [0, 0.1) is 5.92 Å². The summed E-state index contributed by atoms with van der Waals surface area (Å²) in [7, 11) is 1.90. The molecule has 1 aliphatic heterocycles. The van der Waals surface area contributed by atoms with Gasteiger partial charge in [0.15, 0.2) is 0 Å². The van der Waals surface area contributed by atoms with Crippen LogP contribution in [0.3, 0.4) is 0 Å². The van der Waals surface area contributed by atoms with Crippen molar-refractivity contribution in [3.63, 3.8) is 0 Å². The summed E-state index contributed by atoms with van der Waals surface area (Å²) in [6.07, 6.45) is 7.47. The number of aryl methyl sites for hydroxylation is 1. The molecule has 0 radical (unpaired) electrons. The van der Waals surface area contributed by atoms with Gasteiger partial charge in [-0.1, -0.05) is 30.3 Å². The molecule has 4 rings (SSSR count). The summed E-state index contributed by atoms with van der Waals surface area (Å²) in [6, 6.07) is 12.2. The molecule has 138 valence electrons. The molecular formula is C21H23N5O. The zero-order chi connectivity index (χ0) is 18.6. The molecule has 6 heteroatoms. The lowest BCUT2D eigenvalue weighted by molar-refractivity contribution is -0.125. The Balaban J connectivity index is 1.37. The van der Waals surface area contributed by atoms with Crippen LogP contribution in [0.2, 0.25) is 0 Å². The summed E-state index contributed by atoms with van der Waals surface area (Å²) in [6.45, 7) is 2.04. The van der Waals surface area contributed by atoms with Gasteiger partial charge >= 0.3 is 0 Å². The molecule has 0 aliphatic carbocycles. The highest BCUT2D eigenvalue weighted by atomic mass is 16.1. The molecule has 6 nitrogen and oxygen atoms in total. The van der Waals surface area contributed by atoms with Gasteiger partial charge in [-0.25, -0.2) is 0 Å². The Hall–Kier alpha value is -2.99. The van der Waals surface area contributed by atoms with Crippen LogP contribution < -0.4 is 10.6 Å². The average Bonchev–Trinajstić information content (AvgIpc) is 3.36. The van der Waals surface area contributed by atoms with Crippen molar-refractivity contribution in [2.75, 3.05) is 13.1 Å². The van der Waals surface area contributed by atoms with Crippen molar-refractivity contribution in [2.45, 2.75) is 12.5 Å². The quantitative estimate of drug-likeness (QED) is 0.730. The van der Waals surface area contributed by atoms with Crippen LogP contribution >= 0.6 is 0 Å². The van der Waals surface area contributed by atoms with Gasteiger partial charge in [-0.15, -0.1) is 0 Å². The van der Waals surface area contributed by atoms with Crippen LogP contribution in [0.15, 0.2) is 61.2 Å². The van der Waals surface area contributed by atoms with Gasteiger partial charge in [-0.3, -0.25) is 14.5 Å². The van der Waals surface area contributed by atoms with Crippen molar-refractivity contribution < 1.29 is 4.79 Å². The number of nitrogens with one attached hydrogen (secondary N) is 2. The number of carbonyl (C=O) groups excluding carboxylic acids is 1. The van der Waals surface area contributed by atoms with Gasteiger partial charge in [-0.05, 0) is 28.3 Å². The number of pyridine rings is 1. The monoisotopic (exact) mass is 361 g/mol. The smallest absolute Gasteiger partial charge is 0.225 e. The van der Waals surface area contributed by atoms with Crippen LogP contribution in [0.25, 0.3) is 11.1 Å². The molecule has 0 unspecified atom stereocenters. The number of carbonyl (C=O) groups is 1. The zero-order valence-electron chi connectivity index (χ0n) is 15.3. The highest BCUT2D eigenvalue weighted by Crippen LogP contribution is 2.28. The largest absolute Gasteiger partial charge is 0.352 e. The fourth-order valence-corrected chi connectivity index (χ4v) is 3.60. The maximum atomic E-state index is 12.7. The summed E-state index contributed by atoms with van der Waals surface area (Å²) in [5.74, 6) is 0.195. The minimum Gasteiger partial charge on any atom is -0.352 e. The molecule has 1 aliphatic rings. The van der Waals surface area contributed by atoms with Gasteiger partial charge in [0.25, 0.3) is 0 Å². The molecule has 2 atom stereocenters. The van der Waals surface area contributed by atoms with Crippen LogP contribution in [0.4, 0.5) is 0 Å². The number of benzene rings is 1. The molecule has 1 saturated heterocycles. The molecule has 0 spiro atoms. The first-order valence-corrected chi connectivity index (χ1v) is 9.17. The summed E-state index contributed by atoms with van der Waals surface area (Å²) in [4.78, 5) is 16.9. The number of nitrogens with zero attached hydrogens (tertiary/aromatic N) is 3. The lowest BCUT2D eigenvalue weighted by atomic mass is 9.90. The van der Waals surface area contributed by atoms with E-state index in [0.29, 0.717) is 13.1 Å². The van der Waals surface area contributed by atoms with E-state index in [9.17, 15) is 4.79 Å². The molecular weight excluding hydrogens is 338 g/mol. The lowest BCUT2D eigenvalue weighted by Crippen LogP contribution is -2.33. The number of aromatic nitrogens is 3. The number of rotatable bonds is 5. The molecule has 0 saturated carbocycles. The molecule has 3 aromatic rings. The van der Waals surface area contributed by atoms with E-state index < -0.39 is 0 Å². The van der Waals surface area contributed by atoms with E-state index >= 15 is 0 Å². The van der Waals surface area contributed by atoms with Gasteiger partial charge in [0.05, 0.1) is 12.1 Å². The molecule has 27 heavy (non-hydrogen) atoms. The minimum atomic E-state index is -0.0659. The Morgan fingerprint density at radius 1 is 1.19 bits per heavy atom. The Labute approximate surface area is 158 Å². The topological polar surface area (TPSA) is 71.8 Å². The fraction of sp³-hybridized carbons (Fsp3) is 0.286. The summed E-state index contributed by atoms with van der Waals surface area (Å²) in [5, 5.41) is 10.7. The number of hydrogen-bond acceptors (Lipinski definition) is 4. The summed E-state index contributed by atoms with van der Waals surface area (Å²) in [5.41, 5.74) is 4.41. The summed E-state index contributed by atoms with van der Waals surface area (Å²) < 4.78 is 1.78. The van der Waals surface area contributed by atoms with Crippen LogP contribution in [-0.2, 0) is 18.4 Å². The van der Waals surface area contributed by atoms with E-state index in [1.165, 1.54) is 0 Å². The molecule has 1 amide bonds. The minimum absolute atomic E-state index is 0.0659. The van der Waals surface area contributed by atoms with Crippen LogP contribution in [-0.4, -0.2) is 33.8 Å². The molecule has 1 fully saturated rings. The van der Waals surface area contributed by atoms with Crippen LogP contribution in [0.1, 0.15) is 17.0 Å². The van der Waals surface area contributed by atoms with Crippen LogP contribution in [0.5, 0.6) is 0 Å². The van der Waals surface area contributed by atoms with E-state index in [0.717, 1.165) is 28.8 Å². The highest BCUT2D eigenvalue weighted by molar-refractivity contribution is 5.80. The first kappa shape index (κ1) is 17.4. The molecule has 3 heterocycles. The van der Waals surface area contributed by atoms with Gasteiger partial charge in [0, 0.05) is 51.2 Å². The highest BCUT2D eigenvalue weighted by Gasteiger charge is 2.34. The standard InChI is InChI=1S/C21H23N5O/c1-26-14-18(11-25-26)19-12-23-13-20(19)21(27)24-9-15-4-6-16(7-5-15)17-3-2-8-22-10-17/h2-8,10-11,14,19-20,23H,9,12-13H2,1H3,(H,24,27)/t19-,20+/m1/s1. The second-order valence-corrected chi connectivity index (χ2v) is 6.98. The second kappa shape index (κ2) is 7.72. The van der Waals surface area contributed by atoms with E-state index in [2.05, 4.69) is 32.8 Å². The lowest BCUT2D eigenvalue weighted by Gasteiger charge is -2.17. The molecule has 1 aromatic carbocycles. The van der Waals surface area contributed by atoms with E-state index in [4.69, 9.17) is 0 Å². The second-order valence-electron chi connectivity index (χ2n) is 6.98. The first-order valence-electron chi connectivity index (χ1n) is 9.17. The van der Waals surface area contributed by atoms with E-state index in [-0.39, 0.29) is 17.7 Å². The van der Waals surface area contributed by atoms with Crippen molar-refractivity contribution in [3.8, 4) is 11.1 Å². The molecule has 2 N–H and O–H groups in total. The maximum absolute atomic E-state index is 12.7. The zero-order valence-corrected chi connectivity index (χ0v) is 15.3. The third-order valence-corrected chi connectivity index (χ3v) is 5.12. The number of hydrogen-bond donors (Lipinski definition) is 2. The third kappa shape index (κ3) is 3.90. The van der Waals surface area contributed by atoms with Crippen molar-refractivity contribution in [3.05, 3.63) is 72.3 Å². The van der Waals surface area contributed by atoms with Gasteiger partial charge in [-0.2, -0.15) is 5.10 Å². The first-order chi connectivity index (χ1) is 13.2. The van der Waals surface area contributed by atoms with E-state index in [1.54, 1.807) is 10.9 Å². The number of amides is 1. The Kier molecular flexibility index (Phi) is 4.98. The predicted octanol–water partition coefficient (Wildman–Crippen LogP) is 2.10. The maximum Gasteiger partial charge on any atom is 0.225 e. The average molecular weight is 361 g/mol. The van der Waals surface area contributed by atoms with Crippen molar-refractivity contribution >= 4 is 5.91 Å². The van der Waals surface area contributed by atoms with Crippen molar-refractivity contribution in [1.29, 1.82) is 0 Å². The van der Waals surface area contributed by atoms with Gasteiger partial charge < -0.3 is 10.6 Å². The van der Waals surface area contributed by atoms with Crippen molar-refractivity contribution in [2.24, 2.45) is 13.0 Å². The molecule has 0 bridgehead atoms. The molecule has 2 aromatic heterocycles. The Morgan fingerprint density at radius 2 is 2.04 bits per heavy atom. The normalized spacial score (nSPS) is 19.1. The summed E-state index contributed by atoms with van der Waals surface area (Å²) >= 11 is 0. The SMILES string of the molecule is Cn1cc([C@H]2CNC[C@@H]2C(=O)NCc2ccc(-c3cccnc3)cc2)cn1. The Bertz CT molecular complexity index is 904. The third-order valence-electron chi connectivity index (χ3n) is 5.12. The van der Waals surface area contributed by atoms with Gasteiger partial charge in [0.1, 0.15) is 0 Å². The Morgan fingerprint density at radius 3 is 2.74 bits per heavy atom. The predicted molar refractivity (Wildman–Crippen MR) is 104 cm³/mol. The van der Waals surface area contributed by atoms with Gasteiger partial charge in [0.2, 0.25) is 5.91 Å². The fourth-order valence-electron chi connectivity index (χ4n) is 3.60. The van der Waals surface area contributed by atoms with E-state index in [1.807, 2.05) is 49.9 Å². The van der Waals surface area contributed by atoms with Crippen molar-refractivity contribution in [1.82, 2.24) is 25.4 Å².